The number of likely N-dealkylation sites (N-methyl/N-ethyl adjacent to an activating group) is 1. The van der Waals surface area contributed by atoms with Crippen LogP contribution in [0.5, 0.6) is 0 Å². The predicted molar refractivity (Wildman–Crippen MR) is 76.5 cm³/mol. The van der Waals surface area contributed by atoms with Gasteiger partial charge in [-0.15, -0.1) is 0 Å². The molecule has 1 saturated carbocycles. The van der Waals surface area contributed by atoms with Gasteiger partial charge in [0, 0.05) is 7.05 Å². The van der Waals surface area contributed by atoms with Crippen LogP contribution >= 0.6 is 0 Å². The normalized spacial score (nSPS) is 24.9. The fraction of sp³-hybridized carbons (Fsp3) is 0.867. The van der Waals surface area contributed by atoms with E-state index in [4.69, 9.17) is 4.74 Å². The molecule has 1 rings (SSSR count). The SMILES string of the molecule is CC1CCC(C(C(=O)O)N(C)C(=O)OC(C)(C)C)CC1. The van der Waals surface area contributed by atoms with Crippen molar-refractivity contribution < 1.29 is 19.4 Å². The first-order valence-electron chi connectivity index (χ1n) is 7.30. The molecule has 1 N–H and O–H groups in total. The van der Waals surface area contributed by atoms with Crippen LogP contribution in [0.25, 0.3) is 0 Å². The van der Waals surface area contributed by atoms with Crippen molar-refractivity contribution >= 4 is 12.1 Å². The first-order chi connectivity index (χ1) is 9.11. The molecule has 1 atom stereocenters. The molecule has 0 aromatic carbocycles. The van der Waals surface area contributed by atoms with E-state index in [2.05, 4.69) is 6.92 Å². The summed E-state index contributed by atoms with van der Waals surface area (Å²) >= 11 is 0. The molecule has 0 aromatic heterocycles. The number of carbonyl (C=O) groups is 2. The first-order valence-corrected chi connectivity index (χ1v) is 7.30. The van der Waals surface area contributed by atoms with Crippen molar-refractivity contribution in [2.45, 2.75) is 65.0 Å². The van der Waals surface area contributed by atoms with Crippen molar-refractivity contribution in [1.29, 1.82) is 0 Å². The summed E-state index contributed by atoms with van der Waals surface area (Å²) in [5.74, 6) is -0.286. The molecule has 20 heavy (non-hydrogen) atoms. The molecule has 5 nitrogen and oxygen atoms in total. The van der Waals surface area contributed by atoms with E-state index in [-0.39, 0.29) is 5.92 Å². The van der Waals surface area contributed by atoms with Gasteiger partial charge in [-0.2, -0.15) is 0 Å². The molecule has 0 radical (unpaired) electrons. The molecule has 116 valence electrons. The maximum atomic E-state index is 12.1. The molecule has 1 fully saturated rings. The van der Waals surface area contributed by atoms with Gasteiger partial charge < -0.3 is 9.84 Å². The van der Waals surface area contributed by atoms with Crippen LogP contribution in [0.1, 0.15) is 53.4 Å². The Hall–Kier alpha value is -1.26. The van der Waals surface area contributed by atoms with E-state index < -0.39 is 23.7 Å². The fourth-order valence-corrected chi connectivity index (χ4v) is 2.73. The Morgan fingerprint density at radius 3 is 2.10 bits per heavy atom. The van der Waals surface area contributed by atoms with Gasteiger partial charge in [0.05, 0.1) is 0 Å². The number of ether oxygens (including phenoxy) is 1. The maximum absolute atomic E-state index is 12.1. The van der Waals surface area contributed by atoms with Gasteiger partial charge in [-0.1, -0.05) is 19.8 Å². The summed E-state index contributed by atoms with van der Waals surface area (Å²) in [6.45, 7) is 7.51. The Labute approximate surface area is 121 Å². The van der Waals surface area contributed by atoms with Crippen LogP contribution in [0.4, 0.5) is 4.79 Å². The molecule has 0 aliphatic heterocycles. The quantitative estimate of drug-likeness (QED) is 0.865. The number of aliphatic carboxylic acids is 1. The number of carbonyl (C=O) groups excluding carboxylic acids is 1. The lowest BCUT2D eigenvalue weighted by Gasteiger charge is -2.36. The number of hydrogen-bond acceptors (Lipinski definition) is 3. The third kappa shape index (κ3) is 4.69. The van der Waals surface area contributed by atoms with Gasteiger partial charge in [0.15, 0.2) is 0 Å². The first kappa shape index (κ1) is 16.8. The van der Waals surface area contributed by atoms with Gasteiger partial charge in [-0.25, -0.2) is 9.59 Å². The van der Waals surface area contributed by atoms with Gasteiger partial charge in [0.25, 0.3) is 0 Å². The minimum absolute atomic E-state index is 0.0150. The molecule has 0 aromatic rings. The van der Waals surface area contributed by atoms with E-state index in [1.54, 1.807) is 20.8 Å². The lowest BCUT2D eigenvalue weighted by Crippen LogP contribution is -2.49. The van der Waals surface area contributed by atoms with Crippen molar-refractivity contribution in [3.05, 3.63) is 0 Å². The van der Waals surface area contributed by atoms with Crippen molar-refractivity contribution in [3.63, 3.8) is 0 Å². The lowest BCUT2D eigenvalue weighted by molar-refractivity contribution is -0.145. The molecule has 0 bridgehead atoms. The molecular weight excluding hydrogens is 258 g/mol. The maximum Gasteiger partial charge on any atom is 0.410 e. The summed E-state index contributed by atoms with van der Waals surface area (Å²) in [5.41, 5.74) is -0.616. The zero-order valence-corrected chi connectivity index (χ0v) is 13.2. The van der Waals surface area contributed by atoms with E-state index >= 15 is 0 Å². The lowest BCUT2D eigenvalue weighted by atomic mass is 9.79. The van der Waals surface area contributed by atoms with Crippen molar-refractivity contribution in [2.24, 2.45) is 11.8 Å². The highest BCUT2D eigenvalue weighted by Crippen LogP contribution is 2.32. The Bertz CT molecular complexity index is 353. The number of amides is 1. The molecule has 0 spiro atoms. The predicted octanol–water partition coefficient (Wildman–Crippen LogP) is 3.13. The number of carboxylic acids is 1. The minimum atomic E-state index is -0.946. The Morgan fingerprint density at radius 2 is 1.70 bits per heavy atom. The van der Waals surface area contributed by atoms with Crippen molar-refractivity contribution in [2.75, 3.05) is 7.05 Å². The molecule has 0 heterocycles. The Morgan fingerprint density at radius 1 is 1.20 bits per heavy atom. The third-order valence-corrected chi connectivity index (χ3v) is 3.86. The summed E-state index contributed by atoms with van der Waals surface area (Å²) in [6.07, 6.45) is 3.19. The number of nitrogens with zero attached hydrogens (tertiary/aromatic N) is 1. The highest BCUT2D eigenvalue weighted by molar-refractivity contribution is 5.80. The number of hydrogen-bond donors (Lipinski definition) is 1. The van der Waals surface area contributed by atoms with Crippen LogP contribution in [0.15, 0.2) is 0 Å². The Balaban J connectivity index is 2.75. The van der Waals surface area contributed by atoms with Crippen LogP contribution in [0, 0.1) is 11.8 Å². The standard InChI is InChI=1S/C15H27NO4/c1-10-6-8-11(9-7-10)12(13(17)18)16(5)14(19)20-15(2,3)4/h10-12H,6-9H2,1-5H3,(H,17,18). The van der Waals surface area contributed by atoms with Crippen LogP contribution in [0.2, 0.25) is 0 Å². The molecule has 1 aliphatic carbocycles. The third-order valence-electron chi connectivity index (χ3n) is 3.86. The van der Waals surface area contributed by atoms with Gasteiger partial charge in [0.1, 0.15) is 11.6 Å². The van der Waals surface area contributed by atoms with Crippen LogP contribution in [0.3, 0.4) is 0 Å². The fourth-order valence-electron chi connectivity index (χ4n) is 2.73. The smallest absolute Gasteiger partial charge is 0.410 e. The van der Waals surface area contributed by atoms with E-state index in [1.165, 1.54) is 11.9 Å². The summed E-state index contributed by atoms with van der Waals surface area (Å²) in [6, 6.07) is -0.794. The van der Waals surface area contributed by atoms with E-state index in [1.807, 2.05) is 0 Å². The van der Waals surface area contributed by atoms with Crippen LogP contribution in [-0.4, -0.2) is 40.8 Å². The molecule has 1 unspecified atom stereocenters. The average molecular weight is 285 g/mol. The van der Waals surface area contributed by atoms with Crippen molar-refractivity contribution in [1.82, 2.24) is 4.90 Å². The molecule has 5 heteroatoms. The zero-order chi connectivity index (χ0) is 15.5. The van der Waals surface area contributed by atoms with E-state index in [9.17, 15) is 14.7 Å². The topological polar surface area (TPSA) is 66.8 Å². The van der Waals surface area contributed by atoms with Crippen LogP contribution < -0.4 is 0 Å². The average Bonchev–Trinajstić information content (AvgIpc) is 2.29. The zero-order valence-electron chi connectivity index (χ0n) is 13.2. The second-order valence-electron chi connectivity index (χ2n) is 6.89. The van der Waals surface area contributed by atoms with Gasteiger partial charge >= 0.3 is 12.1 Å². The summed E-state index contributed by atoms with van der Waals surface area (Å²) in [5, 5.41) is 9.46. The van der Waals surface area contributed by atoms with Gasteiger partial charge in [-0.3, -0.25) is 4.90 Å². The number of rotatable bonds is 3. The van der Waals surface area contributed by atoms with Gasteiger partial charge in [0.2, 0.25) is 0 Å². The summed E-state index contributed by atoms with van der Waals surface area (Å²) < 4.78 is 5.27. The van der Waals surface area contributed by atoms with Crippen molar-refractivity contribution in [3.8, 4) is 0 Å². The molecule has 1 amide bonds. The molecule has 0 saturated heterocycles. The summed E-state index contributed by atoms with van der Waals surface area (Å²) in [4.78, 5) is 24.8. The second-order valence-corrected chi connectivity index (χ2v) is 6.89. The van der Waals surface area contributed by atoms with Gasteiger partial charge in [-0.05, 0) is 45.4 Å². The highest BCUT2D eigenvalue weighted by atomic mass is 16.6. The molecule has 1 aliphatic rings. The highest BCUT2D eigenvalue weighted by Gasteiger charge is 2.37. The minimum Gasteiger partial charge on any atom is -0.480 e. The van der Waals surface area contributed by atoms with Crippen LogP contribution in [-0.2, 0) is 9.53 Å². The Kier molecular flexibility index (Phi) is 5.42. The monoisotopic (exact) mass is 285 g/mol. The van der Waals surface area contributed by atoms with E-state index in [0.29, 0.717) is 5.92 Å². The molecular formula is C15H27NO4. The second kappa shape index (κ2) is 6.46. The summed E-state index contributed by atoms with van der Waals surface area (Å²) in [7, 11) is 1.52. The van der Waals surface area contributed by atoms with E-state index in [0.717, 1.165) is 25.7 Å². The largest absolute Gasteiger partial charge is 0.480 e. The number of carboxylic acid groups (broad SMARTS) is 1.